The first kappa shape index (κ1) is 13.9. The lowest BCUT2D eigenvalue weighted by Gasteiger charge is -2.24. The molecule has 1 aliphatic carbocycles. The van der Waals surface area contributed by atoms with Gasteiger partial charge in [0, 0.05) is 17.0 Å². The van der Waals surface area contributed by atoms with E-state index in [2.05, 4.69) is 4.98 Å². The van der Waals surface area contributed by atoms with Gasteiger partial charge in [-0.1, -0.05) is 0 Å². The van der Waals surface area contributed by atoms with Gasteiger partial charge in [-0.15, -0.1) is 0 Å². The molecule has 1 aromatic carbocycles. The Bertz CT molecular complexity index is 684. The molecule has 0 saturated carbocycles. The van der Waals surface area contributed by atoms with Crippen LogP contribution in [0.2, 0.25) is 0 Å². The van der Waals surface area contributed by atoms with Gasteiger partial charge in [-0.3, -0.25) is 0 Å². The summed E-state index contributed by atoms with van der Waals surface area (Å²) < 4.78 is 16.3. The zero-order valence-corrected chi connectivity index (χ0v) is 12.5. The van der Waals surface area contributed by atoms with E-state index in [0.29, 0.717) is 11.5 Å². The van der Waals surface area contributed by atoms with E-state index in [4.69, 9.17) is 14.2 Å². The Morgan fingerprint density at radius 3 is 2.48 bits per heavy atom. The van der Waals surface area contributed by atoms with Crippen molar-refractivity contribution in [2.45, 2.75) is 25.4 Å². The topological polar surface area (TPSA) is 60.8 Å². The molecule has 0 amide bonds. The molecule has 0 fully saturated rings. The third-order valence-electron chi connectivity index (χ3n) is 3.99. The predicted octanol–water partition coefficient (Wildman–Crippen LogP) is 2.63. The highest BCUT2D eigenvalue weighted by molar-refractivity contribution is 5.90. The largest absolute Gasteiger partial charge is 0.496 e. The van der Waals surface area contributed by atoms with Gasteiger partial charge in [0.2, 0.25) is 0 Å². The molecule has 5 heteroatoms. The van der Waals surface area contributed by atoms with Gasteiger partial charge >= 0.3 is 0 Å². The Hall–Kier alpha value is -2.01. The first-order valence-corrected chi connectivity index (χ1v) is 7.00. The Morgan fingerprint density at radius 2 is 1.81 bits per heavy atom. The number of methoxy groups -OCH3 is 3. The quantitative estimate of drug-likeness (QED) is 0.941. The van der Waals surface area contributed by atoms with Crippen LogP contribution in [0.1, 0.15) is 30.2 Å². The summed E-state index contributed by atoms with van der Waals surface area (Å²) in [4.78, 5) is 4.62. The van der Waals surface area contributed by atoms with Gasteiger partial charge in [0.1, 0.15) is 5.75 Å². The first-order chi connectivity index (χ1) is 10.2. The van der Waals surface area contributed by atoms with E-state index in [0.717, 1.165) is 47.2 Å². The number of rotatable bonds is 3. The number of ether oxygens (including phenoxy) is 3. The van der Waals surface area contributed by atoms with E-state index in [1.54, 1.807) is 21.3 Å². The fourth-order valence-electron chi connectivity index (χ4n) is 2.98. The molecule has 1 atom stereocenters. The summed E-state index contributed by atoms with van der Waals surface area (Å²) >= 11 is 0. The second kappa shape index (κ2) is 5.41. The Kier molecular flexibility index (Phi) is 3.59. The Labute approximate surface area is 123 Å². The molecule has 0 bridgehead atoms. The Balaban J connectivity index is 2.33. The summed E-state index contributed by atoms with van der Waals surface area (Å²) in [5.74, 6) is 2.03. The van der Waals surface area contributed by atoms with Crippen LogP contribution in [0.5, 0.6) is 17.2 Å². The maximum absolute atomic E-state index is 10.2. The standard InChI is InChI=1S/C16H19NO4/c1-19-13-7-10-11(8-14(13)20-2)17-15-9(16(10)21-3)5-4-6-12(15)18/h7-8,12,18H,4-6H2,1-3H3. The van der Waals surface area contributed by atoms with Crippen LogP contribution >= 0.6 is 0 Å². The zero-order chi connectivity index (χ0) is 15.0. The van der Waals surface area contributed by atoms with Gasteiger partial charge in [0.15, 0.2) is 11.5 Å². The summed E-state index contributed by atoms with van der Waals surface area (Å²) in [5, 5.41) is 11.1. The average Bonchev–Trinajstić information content (AvgIpc) is 2.52. The van der Waals surface area contributed by atoms with E-state index in [1.807, 2.05) is 12.1 Å². The van der Waals surface area contributed by atoms with Crippen molar-refractivity contribution < 1.29 is 19.3 Å². The van der Waals surface area contributed by atoms with Crippen molar-refractivity contribution in [3.05, 3.63) is 23.4 Å². The molecule has 21 heavy (non-hydrogen) atoms. The van der Waals surface area contributed by atoms with Gasteiger partial charge in [-0.05, 0) is 25.3 Å². The van der Waals surface area contributed by atoms with Crippen LogP contribution in [-0.2, 0) is 6.42 Å². The fraction of sp³-hybridized carbons (Fsp3) is 0.438. The van der Waals surface area contributed by atoms with Crippen molar-refractivity contribution in [1.82, 2.24) is 4.98 Å². The zero-order valence-electron chi connectivity index (χ0n) is 12.5. The summed E-state index contributed by atoms with van der Waals surface area (Å²) in [7, 11) is 4.84. The van der Waals surface area contributed by atoms with E-state index >= 15 is 0 Å². The summed E-state index contributed by atoms with van der Waals surface area (Å²) in [5.41, 5.74) is 2.46. The Morgan fingerprint density at radius 1 is 1.10 bits per heavy atom. The molecule has 5 nitrogen and oxygen atoms in total. The molecule has 1 heterocycles. The number of aliphatic hydroxyl groups is 1. The monoisotopic (exact) mass is 289 g/mol. The lowest BCUT2D eigenvalue weighted by molar-refractivity contribution is 0.151. The van der Waals surface area contributed by atoms with E-state index < -0.39 is 6.10 Å². The highest BCUT2D eigenvalue weighted by Gasteiger charge is 2.25. The maximum Gasteiger partial charge on any atom is 0.162 e. The predicted molar refractivity (Wildman–Crippen MR) is 79.3 cm³/mol. The van der Waals surface area contributed by atoms with E-state index in [1.165, 1.54) is 0 Å². The minimum absolute atomic E-state index is 0.528. The van der Waals surface area contributed by atoms with Crippen LogP contribution in [-0.4, -0.2) is 31.4 Å². The molecule has 1 aliphatic rings. The molecule has 0 radical (unpaired) electrons. The number of hydrogen-bond acceptors (Lipinski definition) is 5. The average molecular weight is 289 g/mol. The number of nitrogens with zero attached hydrogens (tertiary/aromatic N) is 1. The third-order valence-corrected chi connectivity index (χ3v) is 3.99. The lowest BCUT2D eigenvalue weighted by Crippen LogP contribution is -2.13. The summed E-state index contributed by atoms with van der Waals surface area (Å²) in [6.07, 6.45) is 2.01. The van der Waals surface area contributed by atoms with Gasteiger partial charge in [-0.25, -0.2) is 4.98 Å². The number of aromatic nitrogens is 1. The molecule has 0 aliphatic heterocycles. The van der Waals surface area contributed by atoms with Crippen LogP contribution in [0, 0.1) is 0 Å². The number of aliphatic hydroxyl groups excluding tert-OH is 1. The highest BCUT2D eigenvalue weighted by atomic mass is 16.5. The molecular weight excluding hydrogens is 270 g/mol. The molecule has 1 aromatic heterocycles. The normalized spacial score (nSPS) is 17.4. The van der Waals surface area contributed by atoms with Crippen LogP contribution in [0.4, 0.5) is 0 Å². The van der Waals surface area contributed by atoms with Crippen molar-refractivity contribution in [3.8, 4) is 17.2 Å². The molecular formula is C16H19NO4. The maximum atomic E-state index is 10.2. The van der Waals surface area contributed by atoms with Crippen LogP contribution < -0.4 is 14.2 Å². The smallest absolute Gasteiger partial charge is 0.162 e. The molecule has 0 saturated heterocycles. The molecule has 3 rings (SSSR count). The van der Waals surface area contributed by atoms with Gasteiger partial charge in [0.05, 0.1) is 38.6 Å². The van der Waals surface area contributed by atoms with Crippen molar-refractivity contribution in [1.29, 1.82) is 0 Å². The molecule has 0 spiro atoms. The van der Waals surface area contributed by atoms with Gasteiger partial charge in [-0.2, -0.15) is 0 Å². The molecule has 1 N–H and O–H groups in total. The van der Waals surface area contributed by atoms with Crippen molar-refractivity contribution in [2.75, 3.05) is 21.3 Å². The van der Waals surface area contributed by atoms with Crippen LogP contribution in [0.15, 0.2) is 12.1 Å². The minimum Gasteiger partial charge on any atom is -0.496 e. The summed E-state index contributed by atoms with van der Waals surface area (Å²) in [6, 6.07) is 3.69. The lowest BCUT2D eigenvalue weighted by atomic mass is 9.91. The number of fused-ring (bicyclic) bond motifs is 2. The van der Waals surface area contributed by atoms with Gasteiger partial charge < -0.3 is 19.3 Å². The third kappa shape index (κ3) is 2.17. The first-order valence-electron chi connectivity index (χ1n) is 7.00. The van der Waals surface area contributed by atoms with Crippen molar-refractivity contribution >= 4 is 10.9 Å². The van der Waals surface area contributed by atoms with E-state index in [-0.39, 0.29) is 0 Å². The van der Waals surface area contributed by atoms with Crippen molar-refractivity contribution in [3.63, 3.8) is 0 Å². The number of benzene rings is 1. The second-order valence-corrected chi connectivity index (χ2v) is 5.14. The number of pyridine rings is 1. The molecule has 1 unspecified atom stereocenters. The van der Waals surface area contributed by atoms with Crippen molar-refractivity contribution in [2.24, 2.45) is 0 Å². The molecule has 112 valence electrons. The number of hydrogen-bond donors (Lipinski definition) is 1. The SMILES string of the molecule is COc1cc2nc3c(c(OC)c2cc1OC)CCCC3O. The molecule has 2 aromatic rings. The minimum atomic E-state index is -0.528. The summed E-state index contributed by atoms with van der Waals surface area (Å²) in [6.45, 7) is 0. The van der Waals surface area contributed by atoms with Crippen LogP contribution in [0.25, 0.3) is 10.9 Å². The van der Waals surface area contributed by atoms with Gasteiger partial charge in [0.25, 0.3) is 0 Å². The van der Waals surface area contributed by atoms with E-state index in [9.17, 15) is 5.11 Å². The van der Waals surface area contributed by atoms with Crippen LogP contribution in [0.3, 0.4) is 0 Å². The second-order valence-electron chi connectivity index (χ2n) is 5.14. The fourth-order valence-corrected chi connectivity index (χ4v) is 2.98. The highest BCUT2D eigenvalue weighted by Crippen LogP contribution is 2.42.